The lowest BCUT2D eigenvalue weighted by Crippen LogP contribution is -2.19. The number of hydrogen-bond acceptors (Lipinski definition) is 1. The van der Waals surface area contributed by atoms with E-state index in [1.165, 1.54) is 44.2 Å². The van der Waals surface area contributed by atoms with Gasteiger partial charge in [-0.15, -0.1) is 0 Å². The summed E-state index contributed by atoms with van der Waals surface area (Å²) in [6.45, 7) is 8.08. The van der Waals surface area contributed by atoms with E-state index in [0.29, 0.717) is 5.57 Å². The Morgan fingerprint density at radius 1 is 1.00 bits per heavy atom. The summed E-state index contributed by atoms with van der Waals surface area (Å²) in [5.74, 6) is -0.388. The molecule has 0 saturated carbocycles. The first-order chi connectivity index (χ1) is 10.5. The van der Waals surface area contributed by atoms with E-state index >= 15 is 0 Å². The summed E-state index contributed by atoms with van der Waals surface area (Å²) in [6, 6.07) is 6.10. The van der Waals surface area contributed by atoms with Gasteiger partial charge < -0.3 is 5.32 Å². The molecule has 0 fully saturated rings. The predicted molar refractivity (Wildman–Crippen MR) is 93.2 cm³/mol. The van der Waals surface area contributed by atoms with Crippen molar-refractivity contribution >= 4 is 11.5 Å². The zero-order valence-corrected chi connectivity index (χ0v) is 14.6. The maximum absolute atomic E-state index is 12.7. The molecule has 0 unspecified atom stereocenters. The van der Waals surface area contributed by atoms with Gasteiger partial charge in [0, 0.05) is 12.6 Å². The van der Waals surface area contributed by atoms with E-state index in [9.17, 15) is 9.18 Å². The van der Waals surface area contributed by atoms with Gasteiger partial charge in [0.15, 0.2) is 0 Å². The van der Waals surface area contributed by atoms with Gasteiger partial charge in [0.2, 0.25) is 5.91 Å². The highest BCUT2D eigenvalue weighted by Crippen LogP contribution is 2.18. The fourth-order valence-electron chi connectivity index (χ4n) is 1.95. The third kappa shape index (κ3) is 7.96. The summed E-state index contributed by atoms with van der Waals surface area (Å²) in [5.41, 5.74) is 2.36. The van der Waals surface area contributed by atoms with Gasteiger partial charge >= 0.3 is 0 Å². The van der Waals surface area contributed by atoms with Gasteiger partial charge in [-0.25, -0.2) is 4.39 Å². The van der Waals surface area contributed by atoms with Crippen LogP contribution in [0.3, 0.4) is 0 Å². The number of likely N-dealkylation sites (N-methyl/N-ethyl adjacent to an activating group) is 1. The van der Waals surface area contributed by atoms with Crippen molar-refractivity contribution in [3.05, 3.63) is 41.2 Å². The van der Waals surface area contributed by atoms with E-state index in [2.05, 4.69) is 19.2 Å². The summed E-state index contributed by atoms with van der Waals surface area (Å²) in [7, 11) is 1.59. The van der Waals surface area contributed by atoms with Crippen LogP contribution in [0.25, 0.3) is 5.57 Å². The molecular formula is C19H30FNO. The largest absolute Gasteiger partial charge is 0.355 e. The summed E-state index contributed by atoms with van der Waals surface area (Å²) in [5, 5.41) is 2.56. The second-order valence-electron chi connectivity index (χ2n) is 5.40. The Labute approximate surface area is 134 Å². The molecule has 1 N–H and O–H groups in total. The number of nitrogens with one attached hydrogen (secondary N) is 1. The van der Waals surface area contributed by atoms with Crippen molar-refractivity contribution in [3.63, 3.8) is 0 Å². The second-order valence-corrected chi connectivity index (χ2v) is 5.40. The Morgan fingerprint density at radius 3 is 1.91 bits per heavy atom. The zero-order chi connectivity index (χ0) is 17.0. The first-order valence-electron chi connectivity index (χ1n) is 8.13. The van der Waals surface area contributed by atoms with Gasteiger partial charge in [0.25, 0.3) is 0 Å². The second kappa shape index (κ2) is 12.0. The number of rotatable bonds is 6. The highest BCUT2D eigenvalue weighted by molar-refractivity contribution is 6.00. The fraction of sp³-hybridized carbons (Fsp3) is 0.526. The van der Waals surface area contributed by atoms with Gasteiger partial charge in [0.1, 0.15) is 5.82 Å². The van der Waals surface area contributed by atoms with Gasteiger partial charge in [-0.05, 0) is 37.1 Å². The van der Waals surface area contributed by atoms with Crippen molar-refractivity contribution in [2.45, 2.75) is 59.8 Å². The summed E-state index contributed by atoms with van der Waals surface area (Å²) < 4.78 is 12.7. The van der Waals surface area contributed by atoms with Crippen LogP contribution in [-0.2, 0) is 4.79 Å². The molecule has 1 amide bonds. The fourth-order valence-corrected chi connectivity index (χ4v) is 1.95. The van der Waals surface area contributed by atoms with Crippen LogP contribution in [0.15, 0.2) is 29.8 Å². The number of hydrogen-bond donors (Lipinski definition) is 1. The lowest BCUT2D eigenvalue weighted by Gasteiger charge is -2.06. The van der Waals surface area contributed by atoms with Crippen molar-refractivity contribution in [2.75, 3.05) is 7.05 Å². The van der Waals surface area contributed by atoms with Crippen LogP contribution >= 0.6 is 0 Å². The third-order valence-corrected chi connectivity index (χ3v) is 3.61. The summed E-state index contributed by atoms with van der Waals surface area (Å²) in [6.07, 6.45) is 7.01. The van der Waals surface area contributed by atoms with E-state index in [0.717, 1.165) is 11.1 Å². The smallest absolute Gasteiger partial charge is 0.246 e. The lowest BCUT2D eigenvalue weighted by molar-refractivity contribution is -0.116. The average molecular weight is 307 g/mol. The number of allylic oxidation sites excluding steroid dienone is 1. The van der Waals surface area contributed by atoms with Crippen LogP contribution in [0.5, 0.6) is 0 Å². The first kappa shape index (κ1) is 20.4. The molecule has 0 spiro atoms. The van der Waals surface area contributed by atoms with E-state index in [-0.39, 0.29) is 11.7 Å². The number of benzene rings is 1. The highest BCUT2D eigenvalue weighted by atomic mass is 19.1. The molecule has 0 aliphatic heterocycles. The molecule has 1 aromatic carbocycles. The van der Waals surface area contributed by atoms with E-state index in [4.69, 9.17) is 0 Å². The van der Waals surface area contributed by atoms with Crippen molar-refractivity contribution in [2.24, 2.45) is 0 Å². The van der Waals surface area contributed by atoms with E-state index in [1.807, 2.05) is 6.92 Å². The Kier molecular flexibility index (Phi) is 11.1. The number of unbranched alkanes of at least 4 members (excludes halogenated alkanes) is 4. The van der Waals surface area contributed by atoms with Crippen molar-refractivity contribution in [1.82, 2.24) is 5.32 Å². The maximum atomic E-state index is 12.7. The Balaban J connectivity index is 0.000000534. The predicted octanol–water partition coefficient (Wildman–Crippen LogP) is 5.34. The molecule has 0 saturated heterocycles. The van der Waals surface area contributed by atoms with E-state index < -0.39 is 0 Å². The van der Waals surface area contributed by atoms with Gasteiger partial charge in [0.05, 0.1) is 0 Å². The monoisotopic (exact) mass is 307 g/mol. The van der Waals surface area contributed by atoms with Crippen LogP contribution < -0.4 is 5.32 Å². The van der Waals surface area contributed by atoms with E-state index in [1.54, 1.807) is 26.1 Å². The maximum Gasteiger partial charge on any atom is 0.246 e. The third-order valence-electron chi connectivity index (χ3n) is 3.61. The number of carbonyl (C=O) groups excluding carboxylic acids is 1. The molecule has 0 heterocycles. The minimum Gasteiger partial charge on any atom is -0.355 e. The SMILES string of the molecule is CCCCCCC.CNC(=O)/C(C)=C(\C)c1ccc(F)cc1. The number of carbonyl (C=O) groups is 1. The number of halogens is 1. The Morgan fingerprint density at radius 2 is 1.50 bits per heavy atom. The van der Waals surface area contributed by atoms with Crippen molar-refractivity contribution in [1.29, 1.82) is 0 Å². The molecule has 0 aliphatic carbocycles. The molecule has 0 atom stereocenters. The van der Waals surface area contributed by atoms with Crippen molar-refractivity contribution < 1.29 is 9.18 Å². The minimum absolute atomic E-state index is 0.114. The zero-order valence-electron chi connectivity index (χ0n) is 14.6. The first-order valence-corrected chi connectivity index (χ1v) is 8.13. The average Bonchev–Trinajstić information content (AvgIpc) is 2.54. The topological polar surface area (TPSA) is 29.1 Å². The molecule has 0 aromatic heterocycles. The number of amides is 1. The molecule has 3 heteroatoms. The molecule has 124 valence electrons. The van der Waals surface area contributed by atoms with Crippen LogP contribution in [-0.4, -0.2) is 13.0 Å². The molecular weight excluding hydrogens is 277 g/mol. The van der Waals surface area contributed by atoms with Crippen LogP contribution in [0.4, 0.5) is 4.39 Å². The van der Waals surface area contributed by atoms with Crippen LogP contribution in [0, 0.1) is 5.82 Å². The van der Waals surface area contributed by atoms with Gasteiger partial charge in [-0.2, -0.15) is 0 Å². The van der Waals surface area contributed by atoms with Crippen molar-refractivity contribution in [3.8, 4) is 0 Å². The lowest BCUT2D eigenvalue weighted by atomic mass is 10.0. The molecule has 2 nitrogen and oxygen atoms in total. The molecule has 0 bridgehead atoms. The Hall–Kier alpha value is -1.64. The van der Waals surface area contributed by atoms with Crippen LogP contribution in [0.2, 0.25) is 0 Å². The standard InChI is InChI=1S/C12H14FNO.C7H16/c1-8(9(2)12(15)14-3)10-4-6-11(13)7-5-10;1-3-5-7-6-4-2/h4-7H,1-3H3,(H,14,15);3-7H2,1-2H3/b9-8+;. The summed E-state index contributed by atoms with van der Waals surface area (Å²) >= 11 is 0. The Bertz CT molecular complexity index is 459. The molecule has 1 rings (SSSR count). The normalized spacial score (nSPS) is 11.2. The minimum atomic E-state index is -0.274. The molecule has 22 heavy (non-hydrogen) atoms. The highest BCUT2D eigenvalue weighted by Gasteiger charge is 2.06. The van der Waals surface area contributed by atoms with Gasteiger partial charge in [-0.3, -0.25) is 4.79 Å². The van der Waals surface area contributed by atoms with Gasteiger partial charge in [-0.1, -0.05) is 58.1 Å². The molecule has 0 radical (unpaired) electrons. The molecule has 1 aromatic rings. The molecule has 0 aliphatic rings. The summed E-state index contributed by atoms with van der Waals surface area (Å²) in [4.78, 5) is 11.4. The van der Waals surface area contributed by atoms with Crippen LogP contribution in [0.1, 0.15) is 65.4 Å². The quantitative estimate of drug-likeness (QED) is 0.557.